The molecule has 1 amide bonds. The number of ether oxygens (including phenoxy) is 1. The number of benzene rings is 3. The van der Waals surface area contributed by atoms with E-state index in [0.29, 0.717) is 18.1 Å². The molecular weight excluding hydrogens is 429 g/mol. The second-order valence-electron chi connectivity index (χ2n) is 8.53. The Morgan fingerprint density at radius 1 is 1.00 bits per heavy atom. The summed E-state index contributed by atoms with van der Waals surface area (Å²) in [4.78, 5) is 12.6. The monoisotopic (exact) mass is 457 g/mol. The number of hydrogen-bond donors (Lipinski definition) is 1. The van der Waals surface area contributed by atoms with E-state index < -0.39 is 0 Å². The topological polar surface area (TPSA) is 56.1 Å². The number of carbonyl (C=O) groups excluding carboxylic acids is 1. The summed E-state index contributed by atoms with van der Waals surface area (Å²) in [5.41, 5.74) is 3.90. The number of hydrogen-bond acceptors (Lipinski definition) is 3. The van der Waals surface area contributed by atoms with Gasteiger partial charge in [0.2, 0.25) is 0 Å². The number of nitrogens with one attached hydrogen (secondary N) is 1. The predicted molar refractivity (Wildman–Crippen MR) is 132 cm³/mol. The number of amides is 1. The molecule has 0 saturated carbocycles. The van der Waals surface area contributed by atoms with Crippen molar-refractivity contribution in [3.63, 3.8) is 0 Å². The number of carbonyl (C=O) groups is 1. The van der Waals surface area contributed by atoms with Gasteiger partial charge in [-0.05, 0) is 73.0 Å². The summed E-state index contributed by atoms with van der Waals surface area (Å²) in [6.07, 6.45) is 2.92. The van der Waals surface area contributed by atoms with Gasteiger partial charge >= 0.3 is 0 Å². The van der Waals surface area contributed by atoms with Gasteiger partial charge in [0.1, 0.15) is 11.6 Å². The van der Waals surface area contributed by atoms with E-state index in [1.54, 1.807) is 0 Å². The van der Waals surface area contributed by atoms with Crippen molar-refractivity contribution in [1.82, 2.24) is 15.1 Å². The van der Waals surface area contributed by atoms with Gasteiger partial charge in [-0.15, -0.1) is 0 Å². The number of rotatable bonds is 9. The largest absolute Gasteiger partial charge is 0.494 e. The van der Waals surface area contributed by atoms with Gasteiger partial charge in [-0.25, -0.2) is 9.07 Å². The van der Waals surface area contributed by atoms with Crippen LogP contribution in [0.3, 0.4) is 0 Å². The van der Waals surface area contributed by atoms with E-state index in [9.17, 15) is 9.18 Å². The van der Waals surface area contributed by atoms with Gasteiger partial charge in [0.25, 0.3) is 5.91 Å². The summed E-state index contributed by atoms with van der Waals surface area (Å²) in [5.74, 6) is 0.763. The van der Waals surface area contributed by atoms with Crippen molar-refractivity contribution < 1.29 is 13.9 Å². The number of aromatic nitrogens is 2. The summed E-state index contributed by atoms with van der Waals surface area (Å²) in [7, 11) is 0. The van der Waals surface area contributed by atoms with Crippen LogP contribution in [-0.4, -0.2) is 22.3 Å². The van der Waals surface area contributed by atoms with Crippen LogP contribution in [0.4, 0.5) is 4.39 Å². The Morgan fingerprint density at radius 2 is 1.71 bits per heavy atom. The van der Waals surface area contributed by atoms with Gasteiger partial charge < -0.3 is 10.1 Å². The van der Waals surface area contributed by atoms with Gasteiger partial charge in [0.05, 0.1) is 18.0 Å². The summed E-state index contributed by atoms with van der Waals surface area (Å²) < 4.78 is 20.8. The van der Waals surface area contributed by atoms with E-state index in [1.165, 1.54) is 24.3 Å². The maximum atomic E-state index is 13.2. The third-order valence-corrected chi connectivity index (χ3v) is 5.45. The molecule has 1 heterocycles. The average molecular weight is 458 g/mol. The Hall–Kier alpha value is -3.93. The molecule has 0 aliphatic heterocycles. The smallest absolute Gasteiger partial charge is 0.251 e. The number of para-hydroxylation sites is 1. The molecule has 0 spiro atoms. The number of nitrogens with zero attached hydrogens (tertiary/aromatic N) is 2. The molecule has 6 heteroatoms. The van der Waals surface area contributed by atoms with Gasteiger partial charge in [-0.3, -0.25) is 4.79 Å². The lowest BCUT2D eigenvalue weighted by atomic mass is 10.1. The van der Waals surface area contributed by atoms with Crippen LogP contribution >= 0.6 is 0 Å². The summed E-state index contributed by atoms with van der Waals surface area (Å²) in [5, 5.41) is 7.72. The summed E-state index contributed by atoms with van der Waals surface area (Å²) in [6, 6.07) is 23.1. The minimum atomic E-state index is -0.375. The molecule has 0 saturated heterocycles. The number of halogens is 1. The van der Waals surface area contributed by atoms with E-state index in [4.69, 9.17) is 9.84 Å². The first-order chi connectivity index (χ1) is 16.5. The molecule has 0 aliphatic carbocycles. The molecule has 1 aromatic heterocycles. The molecule has 0 unspecified atom stereocenters. The SMILES string of the molecule is CC(C)CCOc1ccc(-c2nn(-c3ccccc3)cc2CNC(=O)c2ccc(F)cc2)cc1. The third kappa shape index (κ3) is 5.90. The molecular formula is C28H28FN3O2. The first-order valence-electron chi connectivity index (χ1n) is 11.4. The average Bonchev–Trinajstić information content (AvgIpc) is 3.28. The van der Waals surface area contributed by atoms with E-state index in [0.717, 1.165) is 34.7 Å². The molecule has 34 heavy (non-hydrogen) atoms. The fraction of sp³-hybridized carbons (Fsp3) is 0.214. The molecule has 4 aromatic rings. The van der Waals surface area contributed by atoms with Crippen molar-refractivity contribution in [1.29, 1.82) is 0 Å². The molecule has 0 fully saturated rings. The molecule has 0 aliphatic rings. The Kier molecular flexibility index (Phi) is 7.38. The lowest BCUT2D eigenvalue weighted by Crippen LogP contribution is -2.22. The molecule has 174 valence electrons. The minimum absolute atomic E-state index is 0.271. The van der Waals surface area contributed by atoms with Crippen LogP contribution < -0.4 is 10.1 Å². The zero-order valence-electron chi connectivity index (χ0n) is 19.4. The summed E-state index contributed by atoms with van der Waals surface area (Å²) in [6.45, 7) is 5.31. The standard InChI is InChI=1S/C28H28FN3O2/c1-20(2)16-17-34-26-14-10-21(11-15-26)27-23(19-32(31-27)25-6-4-3-5-7-25)18-30-28(33)22-8-12-24(29)13-9-22/h3-15,19-20H,16-18H2,1-2H3,(H,30,33). The van der Waals surface area contributed by atoms with E-state index in [-0.39, 0.29) is 18.3 Å². The quantitative estimate of drug-likeness (QED) is 0.334. The molecule has 4 rings (SSSR count). The normalized spacial score (nSPS) is 10.9. The van der Waals surface area contributed by atoms with Gasteiger partial charge in [0.15, 0.2) is 0 Å². The highest BCUT2D eigenvalue weighted by Gasteiger charge is 2.14. The van der Waals surface area contributed by atoms with E-state index in [2.05, 4.69) is 19.2 Å². The van der Waals surface area contributed by atoms with E-state index in [1.807, 2.05) is 65.5 Å². The Balaban J connectivity index is 1.56. The van der Waals surface area contributed by atoms with Gasteiger partial charge in [0, 0.05) is 29.4 Å². The predicted octanol–water partition coefficient (Wildman–Crippen LogP) is 6.03. The zero-order valence-corrected chi connectivity index (χ0v) is 19.4. The molecule has 5 nitrogen and oxygen atoms in total. The first-order valence-corrected chi connectivity index (χ1v) is 11.4. The fourth-order valence-corrected chi connectivity index (χ4v) is 3.50. The molecule has 3 aromatic carbocycles. The third-order valence-electron chi connectivity index (χ3n) is 5.45. The van der Waals surface area contributed by atoms with Crippen LogP contribution in [0, 0.1) is 11.7 Å². The van der Waals surface area contributed by atoms with Crippen molar-refractivity contribution in [3.05, 3.63) is 102 Å². The second-order valence-corrected chi connectivity index (χ2v) is 8.53. The molecule has 0 radical (unpaired) electrons. The van der Waals surface area contributed by atoms with Crippen LogP contribution in [0.5, 0.6) is 5.75 Å². The van der Waals surface area contributed by atoms with Crippen molar-refractivity contribution in [2.45, 2.75) is 26.8 Å². The van der Waals surface area contributed by atoms with Crippen LogP contribution in [0.25, 0.3) is 16.9 Å². The van der Waals surface area contributed by atoms with Crippen molar-refractivity contribution in [2.75, 3.05) is 6.61 Å². The molecule has 0 atom stereocenters. The van der Waals surface area contributed by atoms with Crippen LogP contribution in [0.15, 0.2) is 85.1 Å². The minimum Gasteiger partial charge on any atom is -0.494 e. The summed E-state index contributed by atoms with van der Waals surface area (Å²) >= 11 is 0. The fourth-order valence-electron chi connectivity index (χ4n) is 3.50. The highest BCUT2D eigenvalue weighted by Crippen LogP contribution is 2.26. The lowest BCUT2D eigenvalue weighted by Gasteiger charge is -2.09. The second kappa shape index (κ2) is 10.8. The Morgan fingerprint density at radius 3 is 2.38 bits per heavy atom. The zero-order chi connectivity index (χ0) is 23.9. The Labute approximate surface area is 199 Å². The van der Waals surface area contributed by atoms with Crippen LogP contribution in [0.2, 0.25) is 0 Å². The molecule has 0 bridgehead atoms. The highest BCUT2D eigenvalue weighted by molar-refractivity contribution is 5.94. The van der Waals surface area contributed by atoms with Gasteiger partial charge in [-0.2, -0.15) is 5.10 Å². The van der Waals surface area contributed by atoms with E-state index >= 15 is 0 Å². The Bertz CT molecular complexity index is 1220. The van der Waals surface area contributed by atoms with Crippen molar-refractivity contribution in [3.8, 4) is 22.7 Å². The van der Waals surface area contributed by atoms with Crippen LogP contribution in [-0.2, 0) is 6.54 Å². The van der Waals surface area contributed by atoms with Crippen LogP contribution in [0.1, 0.15) is 36.2 Å². The first kappa shape index (κ1) is 23.2. The van der Waals surface area contributed by atoms with Gasteiger partial charge in [-0.1, -0.05) is 32.0 Å². The molecule has 1 N–H and O–H groups in total. The maximum absolute atomic E-state index is 13.2. The maximum Gasteiger partial charge on any atom is 0.251 e. The van der Waals surface area contributed by atoms with Crippen molar-refractivity contribution in [2.24, 2.45) is 5.92 Å². The lowest BCUT2D eigenvalue weighted by molar-refractivity contribution is 0.0951. The highest BCUT2D eigenvalue weighted by atomic mass is 19.1. The van der Waals surface area contributed by atoms with Crippen molar-refractivity contribution >= 4 is 5.91 Å².